The smallest absolute Gasteiger partial charge is 0.0540 e. The molecule has 9 aromatic carbocycles. The van der Waals surface area contributed by atoms with Crippen molar-refractivity contribution in [1.82, 2.24) is 0 Å². The first-order valence-corrected chi connectivity index (χ1v) is 16.8. The van der Waals surface area contributed by atoms with E-state index in [1.54, 1.807) is 0 Å². The summed E-state index contributed by atoms with van der Waals surface area (Å²) in [6.07, 6.45) is 0. The van der Waals surface area contributed by atoms with Crippen molar-refractivity contribution in [3.05, 3.63) is 200 Å². The van der Waals surface area contributed by atoms with Crippen molar-refractivity contribution < 1.29 is 0 Å². The molecule has 0 saturated heterocycles. The topological polar surface area (TPSA) is 3.24 Å². The number of hydrogen-bond acceptors (Lipinski definition) is 1. The highest BCUT2D eigenvalue weighted by Crippen LogP contribution is 2.43. The molecule has 0 unspecified atom stereocenters. The molecule has 0 aliphatic heterocycles. The van der Waals surface area contributed by atoms with E-state index in [1.165, 1.54) is 65.7 Å². The molecule has 0 radical (unpaired) electrons. The van der Waals surface area contributed by atoms with Crippen LogP contribution in [0.4, 0.5) is 17.1 Å². The molecular formula is C48H33N. The summed E-state index contributed by atoms with van der Waals surface area (Å²) >= 11 is 0. The minimum absolute atomic E-state index is 1.11. The molecule has 1 nitrogen and oxygen atoms in total. The van der Waals surface area contributed by atoms with Crippen LogP contribution in [0.2, 0.25) is 0 Å². The Morgan fingerprint density at radius 1 is 0.265 bits per heavy atom. The summed E-state index contributed by atoms with van der Waals surface area (Å²) in [6.45, 7) is 0. The van der Waals surface area contributed by atoms with Gasteiger partial charge in [-0.15, -0.1) is 0 Å². The molecule has 0 spiro atoms. The second-order valence-electron chi connectivity index (χ2n) is 12.6. The van der Waals surface area contributed by atoms with E-state index >= 15 is 0 Å². The Balaban J connectivity index is 1.18. The molecule has 0 saturated carbocycles. The van der Waals surface area contributed by atoms with Crippen LogP contribution in [0.1, 0.15) is 0 Å². The van der Waals surface area contributed by atoms with Gasteiger partial charge >= 0.3 is 0 Å². The first-order chi connectivity index (χ1) is 24.3. The lowest BCUT2D eigenvalue weighted by molar-refractivity contribution is 1.30. The van der Waals surface area contributed by atoms with Gasteiger partial charge in [0, 0.05) is 16.8 Å². The van der Waals surface area contributed by atoms with Gasteiger partial charge in [0.2, 0.25) is 0 Å². The molecule has 49 heavy (non-hydrogen) atoms. The van der Waals surface area contributed by atoms with Gasteiger partial charge in [-0.3, -0.25) is 0 Å². The number of hydrogen-bond donors (Lipinski definition) is 0. The molecule has 0 heterocycles. The van der Waals surface area contributed by atoms with E-state index in [0.717, 1.165) is 17.1 Å². The predicted octanol–water partition coefficient (Wildman–Crippen LogP) is 13.6. The summed E-state index contributed by atoms with van der Waals surface area (Å²) in [5.41, 5.74) is 10.7. The van der Waals surface area contributed by atoms with Gasteiger partial charge in [0.1, 0.15) is 0 Å². The standard InChI is InChI=1S/C48H33N/c1-2-10-34(11-3-1)37-22-26-43(27-23-37)49(44-28-24-38(25-29-44)41-20-18-35-12-4-6-14-39(35)32-41)48-31-30-45(46-16-8-9-17-47(46)48)42-21-19-36-13-5-7-15-40(36)33-42/h1-33H. The van der Waals surface area contributed by atoms with E-state index in [9.17, 15) is 0 Å². The van der Waals surface area contributed by atoms with E-state index in [2.05, 4.69) is 205 Å². The Morgan fingerprint density at radius 2 is 0.714 bits per heavy atom. The van der Waals surface area contributed by atoms with Crippen molar-refractivity contribution in [3.8, 4) is 33.4 Å². The fourth-order valence-electron chi connectivity index (χ4n) is 7.12. The number of anilines is 3. The number of nitrogens with zero attached hydrogens (tertiary/aromatic N) is 1. The quantitative estimate of drug-likeness (QED) is 0.178. The third kappa shape index (κ3) is 5.42. The van der Waals surface area contributed by atoms with Crippen molar-refractivity contribution in [2.75, 3.05) is 4.90 Å². The zero-order valence-corrected chi connectivity index (χ0v) is 27.0. The third-order valence-corrected chi connectivity index (χ3v) is 9.64. The third-order valence-electron chi connectivity index (χ3n) is 9.64. The van der Waals surface area contributed by atoms with Gasteiger partial charge in [0.05, 0.1) is 5.69 Å². The molecule has 0 atom stereocenters. The molecule has 9 aromatic rings. The van der Waals surface area contributed by atoms with E-state index in [4.69, 9.17) is 0 Å². The molecular weight excluding hydrogens is 591 g/mol. The summed E-state index contributed by atoms with van der Waals surface area (Å²) < 4.78 is 0. The second kappa shape index (κ2) is 12.3. The van der Waals surface area contributed by atoms with E-state index in [1.807, 2.05) is 0 Å². The molecule has 230 valence electrons. The lowest BCUT2D eigenvalue weighted by Gasteiger charge is -2.28. The van der Waals surface area contributed by atoms with Gasteiger partial charge < -0.3 is 4.90 Å². The average molecular weight is 624 g/mol. The van der Waals surface area contributed by atoms with Crippen molar-refractivity contribution in [2.45, 2.75) is 0 Å². The van der Waals surface area contributed by atoms with Crippen LogP contribution in [0.25, 0.3) is 65.7 Å². The maximum Gasteiger partial charge on any atom is 0.0540 e. The highest BCUT2D eigenvalue weighted by molar-refractivity contribution is 6.07. The van der Waals surface area contributed by atoms with Crippen molar-refractivity contribution in [1.29, 1.82) is 0 Å². The largest absolute Gasteiger partial charge is 0.310 e. The Bertz CT molecular complexity index is 2580. The molecule has 0 aromatic heterocycles. The Hall–Kier alpha value is -6.44. The summed E-state index contributed by atoms with van der Waals surface area (Å²) in [4.78, 5) is 2.39. The highest BCUT2D eigenvalue weighted by atomic mass is 15.1. The summed E-state index contributed by atoms with van der Waals surface area (Å²) in [7, 11) is 0. The van der Waals surface area contributed by atoms with Crippen LogP contribution >= 0.6 is 0 Å². The minimum Gasteiger partial charge on any atom is -0.310 e. The molecule has 0 bridgehead atoms. The van der Waals surface area contributed by atoms with Crippen LogP contribution in [0.5, 0.6) is 0 Å². The van der Waals surface area contributed by atoms with Crippen LogP contribution in [-0.2, 0) is 0 Å². The summed E-state index contributed by atoms with van der Waals surface area (Å²) in [6, 6.07) is 72.5. The van der Waals surface area contributed by atoms with Gasteiger partial charge in [-0.2, -0.15) is 0 Å². The highest BCUT2D eigenvalue weighted by Gasteiger charge is 2.18. The predicted molar refractivity (Wildman–Crippen MR) is 210 cm³/mol. The van der Waals surface area contributed by atoms with Crippen LogP contribution < -0.4 is 4.90 Å². The monoisotopic (exact) mass is 623 g/mol. The molecule has 9 rings (SSSR count). The Morgan fingerprint density at radius 3 is 1.35 bits per heavy atom. The molecule has 0 amide bonds. The zero-order valence-electron chi connectivity index (χ0n) is 27.0. The first kappa shape index (κ1) is 28.8. The van der Waals surface area contributed by atoms with Gasteiger partial charge in [-0.1, -0.05) is 158 Å². The van der Waals surface area contributed by atoms with Crippen LogP contribution in [0.15, 0.2) is 200 Å². The van der Waals surface area contributed by atoms with Crippen molar-refractivity contribution >= 4 is 49.4 Å². The second-order valence-corrected chi connectivity index (χ2v) is 12.6. The number of fused-ring (bicyclic) bond motifs is 3. The van der Waals surface area contributed by atoms with Gasteiger partial charge in [-0.05, 0) is 103 Å². The lowest BCUT2D eigenvalue weighted by Crippen LogP contribution is -2.10. The van der Waals surface area contributed by atoms with E-state index < -0.39 is 0 Å². The fraction of sp³-hybridized carbons (Fsp3) is 0. The van der Waals surface area contributed by atoms with Gasteiger partial charge in [0.15, 0.2) is 0 Å². The number of benzene rings is 9. The molecule has 0 aliphatic rings. The number of rotatable bonds is 6. The Kier molecular flexibility index (Phi) is 7.22. The van der Waals surface area contributed by atoms with Crippen molar-refractivity contribution in [2.24, 2.45) is 0 Å². The van der Waals surface area contributed by atoms with Crippen molar-refractivity contribution in [3.63, 3.8) is 0 Å². The lowest BCUT2D eigenvalue weighted by atomic mass is 9.94. The first-order valence-electron chi connectivity index (χ1n) is 16.8. The summed E-state index contributed by atoms with van der Waals surface area (Å²) in [5, 5.41) is 7.45. The summed E-state index contributed by atoms with van der Waals surface area (Å²) in [5.74, 6) is 0. The zero-order chi connectivity index (χ0) is 32.6. The normalized spacial score (nSPS) is 11.3. The maximum atomic E-state index is 2.39. The van der Waals surface area contributed by atoms with Crippen LogP contribution in [-0.4, -0.2) is 0 Å². The van der Waals surface area contributed by atoms with Crippen LogP contribution in [0, 0.1) is 0 Å². The fourth-order valence-corrected chi connectivity index (χ4v) is 7.12. The SMILES string of the molecule is c1ccc(-c2ccc(N(c3ccc(-c4ccc5ccccc5c4)cc3)c3ccc(-c4ccc5ccccc5c4)c4ccccc34)cc2)cc1. The van der Waals surface area contributed by atoms with E-state index in [-0.39, 0.29) is 0 Å². The van der Waals surface area contributed by atoms with Gasteiger partial charge in [-0.25, -0.2) is 0 Å². The van der Waals surface area contributed by atoms with E-state index in [0.29, 0.717) is 0 Å². The Labute approximate surface area is 287 Å². The molecule has 1 heteroatoms. The van der Waals surface area contributed by atoms with Crippen LogP contribution in [0.3, 0.4) is 0 Å². The molecule has 0 aliphatic carbocycles. The molecule has 0 fully saturated rings. The minimum atomic E-state index is 1.11. The van der Waals surface area contributed by atoms with Gasteiger partial charge in [0.25, 0.3) is 0 Å². The maximum absolute atomic E-state index is 2.39. The average Bonchev–Trinajstić information content (AvgIpc) is 3.18. The molecule has 0 N–H and O–H groups in total.